The van der Waals surface area contributed by atoms with Gasteiger partial charge in [-0.05, 0) is 172 Å². The van der Waals surface area contributed by atoms with Gasteiger partial charge in [0.05, 0.1) is 28.2 Å². The molecule has 0 fully saturated rings. The van der Waals surface area contributed by atoms with Crippen molar-refractivity contribution in [2.24, 2.45) is 0 Å². The lowest BCUT2D eigenvalue weighted by molar-refractivity contribution is 0.590. The van der Waals surface area contributed by atoms with Crippen LogP contribution in [-0.4, -0.2) is 0 Å². The summed E-state index contributed by atoms with van der Waals surface area (Å²) in [7, 11) is 0. The summed E-state index contributed by atoms with van der Waals surface area (Å²) in [6.45, 7) is 18.6. The molecule has 3 heteroatoms. The highest BCUT2D eigenvalue weighted by molar-refractivity contribution is 6.13. The van der Waals surface area contributed by atoms with Gasteiger partial charge in [0.2, 0.25) is 0 Å². The molecule has 12 aromatic carbocycles. The topological polar surface area (TPSA) is 9.72 Å². The van der Waals surface area contributed by atoms with Crippen LogP contribution < -0.4 is 14.7 Å². The number of nitrogens with zero attached hydrogens (tertiary/aromatic N) is 3. The van der Waals surface area contributed by atoms with Crippen LogP contribution in [0, 0.1) is 0 Å². The second-order valence-corrected chi connectivity index (χ2v) is 25.4. The van der Waals surface area contributed by atoms with Crippen molar-refractivity contribution in [3.63, 3.8) is 0 Å². The molecule has 0 radical (unpaired) electrons. The standard InChI is InChI=1S/C78H65N3/c1-75(2,3)54-34-40-56(41-35-54)79(58-38-32-50-20-9-11-22-52(50)46-58)60-44-45-63-68(48-60)78(65-27-16-18-31-71(65)81-70-30-17-15-26-64(70)77(7,8)66-28-19-29-67(78)74(66)81)69-49-72(61-24-13-14-25-62(61)73(63)69)80(57-42-36-55(37-43-57)76(4,5)6)59-39-33-51-21-10-12-23-53(51)47-59/h9-49H,1-8H3. The Bertz CT molecular complexity index is 4530. The van der Waals surface area contributed by atoms with Crippen molar-refractivity contribution >= 4 is 83.5 Å². The molecule has 15 rings (SSSR count). The van der Waals surface area contributed by atoms with Crippen LogP contribution in [0.2, 0.25) is 0 Å². The van der Waals surface area contributed by atoms with E-state index in [1.807, 2.05) is 0 Å². The third-order valence-corrected chi connectivity index (χ3v) is 18.3. The molecule has 1 aliphatic carbocycles. The molecule has 3 nitrogen and oxygen atoms in total. The third kappa shape index (κ3) is 7.27. The van der Waals surface area contributed by atoms with Gasteiger partial charge < -0.3 is 14.7 Å². The zero-order chi connectivity index (χ0) is 55.2. The SMILES string of the molecule is CC(C)(C)c1ccc(N(c2ccc3c(c2)C2(c4ccccc4N4c5ccccc5C(C)(C)c5cccc2c54)c2cc(N(c4ccc(C(C)(C)C)cc4)c4ccc5ccccc5c4)c4ccccc4c2-3)c2ccc3ccccc3c2)cc1. The first kappa shape index (κ1) is 48.9. The van der Waals surface area contributed by atoms with E-state index in [0.717, 1.165) is 34.1 Å². The molecule has 1 unspecified atom stereocenters. The number of benzene rings is 12. The second kappa shape index (κ2) is 17.7. The van der Waals surface area contributed by atoms with E-state index >= 15 is 0 Å². The highest BCUT2D eigenvalue weighted by atomic mass is 15.2. The maximum absolute atomic E-state index is 2.60. The molecular formula is C78H65N3. The Morgan fingerprint density at radius 3 is 1.41 bits per heavy atom. The quantitative estimate of drug-likeness (QED) is 0.164. The largest absolute Gasteiger partial charge is 0.310 e. The molecule has 1 spiro atoms. The van der Waals surface area contributed by atoms with Crippen LogP contribution >= 0.6 is 0 Å². The predicted molar refractivity (Wildman–Crippen MR) is 343 cm³/mol. The summed E-state index contributed by atoms with van der Waals surface area (Å²) in [6.07, 6.45) is 0. The fourth-order valence-corrected chi connectivity index (χ4v) is 14.2. The smallest absolute Gasteiger partial charge is 0.0756 e. The minimum atomic E-state index is -0.781. The van der Waals surface area contributed by atoms with Gasteiger partial charge in [0.15, 0.2) is 0 Å². The summed E-state index contributed by atoms with van der Waals surface area (Å²) in [5, 5.41) is 7.28. The molecule has 12 aromatic rings. The summed E-state index contributed by atoms with van der Waals surface area (Å²) in [4.78, 5) is 7.63. The van der Waals surface area contributed by atoms with Crippen molar-refractivity contribution in [2.45, 2.75) is 77.0 Å². The number of rotatable bonds is 6. The van der Waals surface area contributed by atoms with E-state index in [-0.39, 0.29) is 16.2 Å². The average molecular weight is 1040 g/mol. The van der Waals surface area contributed by atoms with Crippen LogP contribution in [0.5, 0.6) is 0 Å². The van der Waals surface area contributed by atoms with Gasteiger partial charge in [-0.3, -0.25) is 0 Å². The van der Waals surface area contributed by atoms with Gasteiger partial charge in [0.25, 0.3) is 0 Å². The zero-order valence-corrected chi connectivity index (χ0v) is 47.5. The molecule has 392 valence electrons. The fraction of sp³-hybridized carbons (Fsp3) is 0.154. The van der Waals surface area contributed by atoms with Gasteiger partial charge in [0.1, 0.15) is 0 Å². The minimum Gasteiger partial charge on any atom is -0.310 e. The molecule has 81 heavy (non-hydrogen) atoms. The van der Waals surface area contributed by atoms with Gasteiger partial charge in [-0.25, -0.2) is 0 Å². The summed E-state index contributed by atoms with van der Waals surface area (Å²) in [5.74, 6) is 0. The molecule has 0 saturated carbocycles. The maximum Gasteiger partial charge on any atom is 0.0756 e. The molecule has 0 aromatic heterocycles. The van der Waals surface area contributed by atoms with Crippen LogP contribution in [0.25, 0.3) is 43.4 Å². The Hall–Kier alpha value is -9.18. The van der Waals surface area contributed by atoms with Crippen molar-refractivity contribution in [1.82, 2.24) is 0 Å². The first-order valence-corrected chi connectivity index (χ1v) is 28.8. The van der Waals surface area contributed by atoms with Gasteiger partial charge >= 0.3 is 0 Å². The Kier molecular flexibility index (Phi) is 10.7. The van der Waals surface area contributed by atoms with E-state index in [9.17, 15) is 0 Å². The van der Waals surface area contributed by atoms with Gasteiger partial charge in [-0.2, -0.15) is 0 Å². The second-order valence-electron chi connectivity index (χ2n) is 25.4. The van der Waals surface area contributed by atoms with E-state index < -0.39 is 5.41 Å². The Morgan fingerprint density at radius 1 is 0.333 bits per heavy atom. The van der Waals surface area contributed by atoms with Crippen LogP contribution in [0.1, 0.15) is 99.9 Å². The Balaban J connectivity index is 1.07. The fourth-order valence-electron chi connectivity index (χ4n) is 14.2. The molecule has 3 aliphatic rings. The molecule has 1 atom stereocenters. The number of fused-ring (bicyclic) bond motifs is 15. The summed E-state index contributed by atoms with van der Waals surface area (Å²) < 4.78 is 0. The summed E-state index contributed by atoms with van der Waals surface area (Å²) >= 11 is 0. The van der Waals surface area contributed by atoms with Crippen LogP contribution in [-0.2, 0) is 21.7 Å². The van der Waals surface area contributed by atoms with Gasteiger partial charge in [0, 0.05) is 39.2 Å². The van der Waals surface area contributed by atoms with Gasteiger partial charge in [-0.15, -0.1) is 0 Å². The summed E-state index contributed by atoms with van der Waals surface area (Å²) in [6, 6.07) is 94.9. The summed E-state index contributed by atoms with van der Waals surface area (Å²) in [5.41, 5.74) is 22.3. The van der Waals surface area contributed by atoms with Crippen LogP contribution in [0.4, 0.5) is 51.2 Å². The van der Waals surface area contributed by atoms with Crippen LogP contribution in [0.3, 0.4) is 0 Å². The molecule has 0 saturated heterocycles. The highest BCUT2D eigenvalue weighted by Crippen LogP contribution is 2.68. The van der Waals surface area contributed by atoms with E-state index in [1.54, 1.807) is 0 Å². The minimum absolute atomic E-state index is 0.00446. The first-order chi connectivity index (χ1) is 39.2. The molecule has 2 aliphatic heterocycles. The molecule has 2 heterocycles. The molecule has 0 N–H and O–H groups in total. The van der Waals surface area contributed by atoms with Crippen molar-refractivity contribution in [3.05, 3.63) is 293 Å². The lowest BCUT2D eigenvalue weighted by atomic mass is 9.61. The first-order valence-electron chi connectivity index (χ1n) is 28.8. The molecular weight excluding hydrogens is 979 g/mol. The van der Waals surface area contributed by atoms with Gasteiger partial charge in [-0.1, -0.05) is 225 Å². The predicted octanol–water partition coefficient (Wildman–Crippen LogP) is 21.5. The van der Waals surface area contributed by atoms with Crippen LogP contribution in [0.15, 0.2) is 249 Å². The maximum atomic E-state index is 2.60. The van der Waals surface area contributed by atoms with Crippen molar-refractivity contribution in [1.29, 1.82) is 0 Å². The Morgan fingerprint density at radius 2 is 0.790 bits per heavy atom. The number of para-hydroxylation sites is 3. The normalized spacial score (nSPS) is 15.5. The highest BCUT2D eigenvalue weighted by Gasteiger charge is 2.55. The van der Waals surface area contributed by atoms with Crippen molar-refractivity contribution < 1.29 is 0 Å². The number of hydrogen-bond donors (Lipinski definition) is 0. The van der Waals surface area contributed by atoms with E-state index in [4.69, 9.17) is 0 Å². The lowest BCUT2D eigenvalue weighted by Gasteiger charge is -2.51. The number of anilines is 9. The van der Waals surface area contributed by atoms with Crippen molar-refractivity contribution in [3.8, 4) is 11.1 Å². The van der Waals surface area contributed by atoms with E-state index in [0.29, 0.717) is 0 Å². The molecule has 0 bridgehead atoms. The average Bonchev–Trinajstić information content (AvgIpc) is 3.01. The zero-order valence-electron chi connectivity index (χ0n) is 47.5. The lowest BCUT2D eigenvalue weighted by Crippen LogP contribution is -2.41. The van der Waals surface area contributed by atoms with E-state index in [2.05, 4.69) is 319 Å². The van der Waals surface area contributed by atoms with Crippen molar-refractivity contribution in [2.75, 3.05) is 14.7 Å². The molecule has 0 amide bonds. The number of hydrogen-bond acceptors (Lipinski definition) is 3. The Labute approximate surface area is 477 Å². The third-order valence-electron chi connectivity index (χ3n) is 18.3. The monoisotopic (exact) mass is 1040 g/mol. The van der Waals surface area contributed by atoms with E-state index in [1.165, 1.54) is 105 Å².